The standard InChI is InChI=1S/C16H19N3O4S/c20-16(21)19(6-1-4-17-9-15-18-5-7-24-15)10-12-2-3-13-14(8-12)23-11-22-13/h2-3,5,7-8,17H,1,4,6,9-11H2,(H,20,21). The van der Waals surface area contributed by atoms with E-state index in [1.54, 1.807) is 17.5 Å². The fourth-order valence-corrected chi connectivity index (χ4v) is 3.02. The predicted molar refractivity (Wildman–Crippen MR) is 89.4 cm³/mol. The highest BCUT2D eigenvalue weighted by Crippen LogP contribution is 2.32. The predicted octanol–water partition coefficient (Wildman–Crippen LogP) is 2.53. The van der Waals surface area contributed by atoms with Crippen molar-refractivity contribution in [2.75, 3.05) is 19.9 Å². The Morgan fingerprint density at radius 1 is 1.38 bits per heavy atom. The normalized spacial score (nSPS) is 12.3. The summed E-state index contributed by atoms with van der Waals surface area (Å²) in [6.07, 6.45) is 1.59. The first kappa shape index (κ1) is 16.5. The molecule has 2 heterocycles. The number of aromatic nitrogens is 1. The van der Waals surface area contributed by atoms with Gasteiger partial charge in [-0.25, -0.2) is 9.78 Å². The van der Waals surface area contributed by atoms with Crippen LogP contribution in [0.1, 0.15) is 17.0 Å². The van der Waals surface area contributed by atoms with Crippen molar-refractivity contribution in [1.29, 1.82) is 0 Å². The third kappa shape index (κ3) is 4.36. The van der Waals surface area contributed by atoms with Crippen LogP contribution in [0.25, 0.3) is 0 Å². The zero-order valence-electron chi connectivity index (χ0n) is 13.1. The van der Waals surface area contributed by atoms with Crippen LogP contribution >= 0.6 is 11.3 Å². The summed E-state index contributed by atoms with van der Waals surface area (Å²) in [7, 11) is 0. The summed E-state index contributed by atoms with van der Waals surface area (Å²) in [5.41, 5.74) is 0.886. The Bertz CT molecular complexity index is 678. The molecule has 0 fully saturated rings. The number of hydrogen-bond donors (Lipinski definition) is 2. The van der Waals surface area contributed by atoms with Crippen LogP contribution in [0.4, 0.5) is 4.79 Å². The highest BCUT2D eigenvalue weighted by Gasteiger charge is 2.16. The Kier molecular flexibility index (Phi) is 5.50. The number of nitrogens with one attached hydrogen (secondary N) is 1. The van der Waals surface area contributed by atoms with Crippen LogP contribution in [0.2, 0.25) is 0 Å². The van der Waals surface area contributed by atoms with Crippen molar-refractivity contribution in [2.45, 2.75) is 19.5 Å². The maximum absolute atomic E-state index is 11.4. The van der Waals surface area contributed by atoms with Crippen molar-refractivity contribution in [3.8, 4) is 11.5 Å². The van der Waals surface area contributed by atoms with Crippen LogP contribution in [-0.2, 0) is 13.1 Å². The van der Waals surface area contributed by atoms with Crippen LogP contribution in [0.5, 0.6) is 11.5 Å². The van der Waals surface area contributed by atoms with Gasteiger partial charge in [0.25, 0.3) is 0 Å². The van der Waals surface area contributed by atoms with E-state index in [-0.39, 0.29) is 6.79 Å². The summed E-state index contributed by atoms with van der Waals surface area (Å²) < 4.78 is 10.6. The summed E-state index contributed by atoms with van der Waals surface area (Å²) >= 11 is 1.60. The van der Waals surface area contributed by atoms with Crippen LogP contribution in [-0.4, -0.2) is 41.0 Å². The molecule has 24 heavy (non-hydrogen) atoms. The molecule has 0 unspecified atom stereocenters. The maximum Gasteiger partial charge on any atom is 0.407 e. The second-order valence-corrected chi connectivity index (χ2v) is 6.33. The molecule has 128 valence electrons. The lowest BCUT2D eigenvalue weighted by atomic mass is 10.2. The summed E-state index contributed by atoms with van der Waals surface area (Å²) in [5, 5.41) is 15.6. The van der Waals surface area contributed by atoms with Crippen LogP contribution in [0.15, 0.2) is 29.8 Å². The van der Waals surface area contributed by atoms with Crippen LogP contribution in [0.3, 0.4) is 0 Å². The molecule has 0 spiro atoms. The lowest BCUT2D eigenvalue weighted by molar-refractivity contribution is 0.141. The number of carboxylic acid groups (broad SMARTS) is 1. The Balaban J connectivity index is 1.45. The molecule has 7 nitrogen and oxygen atoms in total. The number of thiazole rings is 1. The van der Waals surface area contributed by atoms with Gasteiger partial charge in [0.2, 0.25) is 6.79 Å². The number of ether oxygens (including phenoxy) is 2. The van der Waals surface area contributed by atoms with Crippen LogP contribution in [0, 0.1) is 0 Å². The van der Waals surface area contributed by atoms with Gasteiger partial charge in [-0.3, -0.25) is 0 Å². The van der Waals surface area contributed by atoms with Gasteiger partial charge in [-0.05, 0) is 30.7 Å². The number of fused-ring (bicyclic) bond motifs is 1. The average molecular weight is 349 g/mol. The number of hydrogen-bond acceptors (Lipinski definition) is 6. The minimum Gasteiger partial charge on any atom is -0.465 e. The van der Waals surface area contributed by atoms with Gasteiger partial charge < -0.3 is 24.8 Å². The van der Waals surface area contributed by atoms with E-state index in [4.69, 9.17) is 9.47 Å². The van der Waals surface area contributed by atoms with Gasteiger partial charge in [0.1, 0.15) is 5.01 Å². The molecule has 1 aliphatic heterocycles. The first-order chi connectivity index (χ1) is 11.7. The number of carbonyl (C=O) groups is 1. The third-order valence-corrected chi connectivity index (χ3v) is 4.40. The van der Waals surface area contributed by atoms with E-state index in [0.717, 1.165) is 23.5 Å². The Labute approximate surface area is 143 Å². The molecule has 0 atom stereocenters. The molecule has 0 saturated heterocycles. The molecule has 1 aliphatic rings. The summed E-state index contributed by atoms with van der Waals surface area (Å²) in [6, 6.07) is 5.51. The number of benzene rings is 1. The average Bonchev–Trinajstić information content (AvgIpc) is 3.24. The van der Waals surface area contributed by atoms with Crippen molar-refractivity contribution in [3.05, 3.63) is 40.3 Å². The first-order valence-corrected chi connectivity index (χ1v) is 8.56. The van der Waals surface area contributed by atoms with Gasteiger partial charge in [0.05, 0.1) is 0 Å². The summed E-state index contributed by atoms with van der Waals surface area (Å²) in [6.45, 7) is 2.47. The third-order valence-electron chi connectivity index (χ3n) is 3.62. The number of nitrogens with zero attached hydrogens (tertiary/aromatic N) is 2. The Morgan fingerprint density at radius 3 is 3.04 bits per heavy atom. The van der Waals surface area contributed by atoms with Gasteiger partial charge in [-0.15, -0.1) is 11.3 Å². The second kappa shape index (κ2) is 7.98. The summed E-state index contributed by atoms with van der Waals surface area (Å²) in [4.78, 5) is 17.0. The molecule has 0 saturated carbocycles. The van der Waals surface area contributed by atoms with Crippen molar-refractivity contribution >= 4 is 17.4 Å². The number of rotatable bonds is 8. The highest BCUT2D eigenvalue weighted by molar-refractivity contribution is 7.09. The molecule has 1 aromatic carbocycles. The van der Waals surface area contributed by atoms with Gasteiger partial charge in [0.15, 0.2) is 11.5 Å². The van der Waals surface area contributed by atoms with Gasteiger partial charge in [-0.1, -0.05) is 6.07 Å². The van der Waals surface area contributed by atoms with Crippen molar-refractivity contribution in [2.24, 2.45) is 0 Å². The van der Waals surface area contributed by atoms with E-state index < -0.39 is 6.09 Å². The molecular formula is C16H19N3O4S. The highest BCUT2D eigenvalue weighted by atomic mass is 32.1. The minimum absolute atomic E-state index is 0.214. The van der Waals surface area contributed by atoms with Gasteiger partial charge >= 0.3 is 6.09 Å². The first-order valence-electron chi connectivity index (χ1n) is 7.68. The van der Waals surface area contributed by atoms with E-state index in [9.17, 15) is 9.90 Å². The largest absolute Gasteiger partial charge is 0.465 e. The molecule has 8 heteroatoms. The van der Waals surface area contributed by atoms with Gasteiger partial charge in [0, 0.05) is 31.2 Å². The number of amides is 1. The lowest BCUT2D eigenvalue weighted by Crippen LogP contribution is -2.31. The molecule has 2 aromatic rings. The topological polar surface area (TPSA) is 83.9 Å². The molecule has 1 aromatic heterocycles. The maximum atomic E-state index is 11.4. The molecule has 1 amide bonds. The summed E-state index contributed by atoms with van der Waals surface area (Å²) in [5.74, 6) is 1.37. The molecular weight excluding hydrogens is 330 g/mol. The van der Waals surface area contributed by atoms with E-state index >= 15 is 0 Å². The molecule has 2 N–H and O–H groups in total. The smallest absolute Gasteiger partial charge is 0.407 e. The van der Waals surface area contributed by atoms with Crippen LogP contribution < -0.4 is 14.8 Å². The van der Waals surface area contributed by atoms with E-state index in [2.05, 4.69) is 10.3 Å². The van der Waals surface area contributed by atoms with E-state index in [0.29, 0.717) is 31.1 Å². The Morgan fingerprint density at radius 2 is 2.25 bits per heavy atom. The minimum atomic E-state index is -0.924. The molecule has 3 rings (SSSR count). The SMILES string of the molecule is O=C(O)N(CCCNCc1nccs1)Cc1ccc2c(c1)OCO2. The lowest BCUT2D eigenvalue weighted by Gasteiger charge is -2.19. The van der Waals surface area contributed by atoms with E-state index in [1.165, 1.54) is 4.90 Å². The zero-order chi connectivity index (χ0) is 16.8. The van der Waals surface area contributed by atoms with E-state index in [1.807, 2.05) is 23.6 Å². The molecule has 0 aliphatic carbocycles. The van der Waals surface area contributed by atoms with Crippen molar-refractivity contribution in [1.82, 2.24) is 15.2 Å². The zero-order valence-corrected chi connectivity index (χ0v) is 13.9. The second-order valence-electron chi connectivity index (χ2n) is 5.35. The molecule has 0 radical (unpaired) electrons. The van der Waals surface area contributed by atoms with Crippen molar-refractivity contribution in [3.63, 3.8) is 0 Å². The fourth-order valence-electron chi connectivity index (χ4n) is 2.43. The quantitative estimate of drug-likeness (QED) is 0.713. The fraction of sp³-hybridized carbons (Fsp3) is 0.375. The Hall–Kier alpha value is -2.32. The molecule has 0 bridgehead atoms. The monoisotopic (exact) mass is 349 g/mol. The van der Waals surface area contributed by atoms with Gasteiger partial charge in [-0.2, -0.15) is 0 Å². The van der Waals surface area contributed by atoms with Crippen molar-refractivity contribution < 1.29 is 19.4 Å².